The highest BCUT2D eigenvalue weighted by atomic mass is 16.5. The van der Waals surface area contributed by atoms with E-state index in [1.807, 2.05) is 0 Å². The topological polar surface area (TPSA) is 88.8 Å². The molecule has 1 amide bonds. The average molecular weight is 277 g/mol. The Morgan fingerprint density at radius 1 is 1.45 bits per heavy atom. The predicted molar refractivity (Wildman–Crippen MR) is 71.7 cm³/mol. The second-order valence-electron chi connectivity index (χ2n) is 4.43. The third-order valence-corrected chi connectivity index (χ3v) is 2.96. The number of hydrogen-bond acceptors (Lipinski definition) is 4. The minimum Gasteiger partial charge on any atom is -0.497 e. The number of nitrogens with one attached hydrogen (secondary N) is 1. The molecule has 6 heteroatoms. The van der Waals surface area contributed by atoms with Crippen molar-refractivity contribution in [1.29, 1.82) is 0 Å². The van der Waals surface area contributed by atoms with Crippen molar-refractivity contribution < 1.29 is 23.8 Å². The zero-order valence-corrected chi connectivity index (χ0v) is 11.2. The van der Waals surface area contributed by atoms with Crippen molar-refractivity contribution >= 4 is 22.8 Å². The highest BCUT2D eigenvalue weighted by molar-refractivity contribution is 5.90. The Morgan fingerprint density at radius 3 is 2.85 bits per heavy atom. The molecule has 0 aliphatic heterocycles. The Hall–Kier alpha value is -2.50. The standard InChI is InChI=1S/C14H15NO5/c1-8(14(17)18)15-13(16)5-9-7-20-12-6-10(19-2)3-4-11(9)12/h3-4,6-8H,5H2,1-2H3,(H,15,16)(H,17,18). The number of carboxylic acid groups (broad SMARTS) is 1. The third-order valence-electron chi connectivity index (χ3n) is 2.96. The van der Waals surface area contributed by atoms with E-state index in [1.54, 1.807) is 25.3 Å². The number of benzene rings is 1. The minimum absolute atomic E-state index is 0.0664. The van der Waals surface area contributed by atoms with Gasteiger partial charge >= 0.3 is 5.97 Å². The molecule has 1 heterocycles. The molecule has 20 heavy (non-hydrogen) atoms. The summed E-state index contributed by atoms with van der Waals surface area (Å²) >= 11 is 0. The first-order valence-electron chi connectivity index (χ1n) is 6.07. The first-order chi connectivity index (χ1) is 9.51. The largest absolute Gasteiger partial charge is 0.497 e. The van der Waals surface area contributed by atoms with Crippen molar-refractivity contribution in [3.05, 3.63) is 30.0 Å². The lowest BCUT2D eigenvalue weighted by molar-refractivity contribution is -0.141. The van der Waals surface area contributed by atoms with E-state index < -0.39 is 12.0 Å². The van der Waals surface area contributed by atoms with Crippen LogP contribution in [-0.2, 0) is 16.0 Å². The first-order valence-corrected chi connectivity index (χ1v) is 6.07. The number of fused-ring (bicyclic) bond motifs is 1. The van der Waals surface area contributed by atoms with Crippen LogP contribution in [-0.4, -0.2) is 30.1 Å². The molecular formula is C14H15NO5. The van der Waals surface area contributed by atoms with Crippen molar-refractivity contribution in [2.45, 2.75) is 19.4 Å². The summed E-state index contributed by atoms with van der Waals surface area (Å²) < 4.78 is 10.5. The zero-order chi connectivity index (χ0) is 14.7. The van der Waals surface area contributed by atoms with E-state index in [9.17, 15) is 9.59 Å². The molecule has 0 spiro atoms. The Bertz CT molecular complexity index is 646. The van der Waals surface area contributed by atoms with Crippen molar-refractivity contribution in [3.63, 3.8) is 0 Å². The molecule has 0 saturated heterocycles. The van der Waals surface area contributed by atoms with Crippen LogP contribution in [0.4, 0.5) is 0 Å². The van der Waals surface area contributed by atoms with Gasteiger partial charge in [0.15, 0.2) is 0 Å². The van der Waals surface area contributed by atoms with Gasteiger partial charge in [-0.3, -0.25) is 9.59 Å². The summed E-state index contributed by atoms with van der Waals surface area (Å²) in [6.45, 7) is 1.42. The van der Waals surface area contributed by atoms with Gasteiger partial charge in [-0.2, -0.15) is 0 Å². The second kappa shape index (κ2) is 5.64. The maximum Gasteiger partial charge on any atom is 0.325 e. The monoisotopic (exact) mass is 277 g/mol. The van der Waals surface area contributed by atoms with E-state index in [2.05, 4.69) is 5.32 Å². The van der Waals surface area contributed by atoms with Crippen LogP contribution in [0.3, 0.4) is 0 Å². The summed E-state index contributed by atoms with van der Waals surface area (Å²) in [7, 11) is 1.56. The number of amides is 1. The lowest BCUT2D eigenvalue weighted by atomic mass is 10.1. The SMILES string of the molecule is COc1ccc2c(CC(=O)NC(C)C(=O)O)coc2c1. The lowest BCUT2D eigenvalue weighted by Crippen LogP contribution is -2.39. The van der Waals surface area contributed by atoms with Crippen molar-refractivity contribution in [2.75, 3.05) is 7.11 Å². The van der Waals surface area contributed by atoms with Crippen LogP contribution in [0.25, 0.3) is 11.0 Å². The van der Waals surface area contributed by atoms with Crippen LogP contribution < -0.4 is 10.1 Å². The Morgan fingerprint density at radius 2 is 2.20 bits per heavy atom. The molecular weight excluding hydrogens is 262 g/mol. The Kier molecular flexibility index (Phi) is 3.93. The summed E-state index contributed by atoms with van der Waals surface area (Å²) in [6, 6.07) is 4.40. The van der Waals surface area contributed by atoms with Gasteiger partial charge in [0, 0.05) is 17.0 Å². The highest BCUT2D eigenvalue weighted by Crippen LogP contribution is 2.25. The highest BCUT2D eigenvalue weighted by Gasteiger charge is 2.16. The molecule has 2 N–H and O–H groups in total. The molecule has 0 radical (unpaired) electrons. The molecule has 2 rings (SSSR count). The average Bonchev–Trinajstić information content (AvgIpc) is 2.80. The van der Waals surface area contributed by atoms with Crippen LogP contribution in [0.1, 0.15) is 12.5 Å². The number of methoxy groups -OCH3 is 1. The molecule has 1 unspecified atom stereocenters. The number of carboxylic acids is 1. The van der Waals surface area contributed by atoms with E-state index in [4.69, 9.17) is 14.3 Å². The van der Waals surface area contributed by atoms with Gasteiger partial charge < -0.3 is 19.6 Å². The summed E-state index contributed by atoms with van der Waals surface area (Å²) in [5.74, 6) is -0.763. The lowest BCUT2D eigenvalue weighted by Gasteiger charge is -2.08. The summed E-state index contributed by atoms with van der Waals surface area (Å²) in [4.78, 5) is 22.4. The van der Waals surface area contributed by atoms with Crippen LogP contribution in [0.5, 0.6) is 5.75 Å². The van der Waals surface area contributed by atoms with Crippen LogP contribution in [0, 0.1) is 0 Å². The van der Waals surface area contributed by atoms with Gasteiger partial charge in [0.2, 0.25) is 5.91 Å². The molecule has 6 nitrogen and oxygen atoms in total. The fraction of sp³-hybridized carbons (Fsp3) is 0.286. The molecule has 2 aromatic rings. The molecule has 1 atom stereocenters. The molecule has 0 fully saturated rings. The molecule has 0 aliphatic carbocycles. The van der Waals surface area contributed by atoms with Gasteiger partial charge in [-0.25, -0.2) is 0 Å². The van der Waals surface area contributed by atoms with Crippen molar-refractivity contribution in [2.24, 2.45) is 0 Å². The zero-order valence-electron chi connectivity index (χ0n) is 11.2. The van der Waals surface area contributed by atoms with Gasteiger partial charge in [-0.1, -0.05) is 0 Å². The van der Waals surface area contributed by atoms with E-state index in [0.29, 0.717) is 16.9 Å². The summed E-state index contributed by atoms with van der Waals surface area (Å²) in [5.41, 5.74) is 1.33. The second-order valence-corrected chi connectivity index (χ2v) is 4.43. The van der Waals surface area contributed by atoms with Gasteiger partial charge in [0.1, 0.15) is 17.4 Å². The molecule has 106 valence electrons. The van der Waals surface area contributed by atoms with Gasteiger partial charge in [0.05, 0.1) is 19.8 Å². The van der Waals surface area contributed by atoms with Gasteiger partial charge in [-0.15, -0.1) is 0 Å². The van der Waals surface area contributed by atoms with Crippen molar-refractivity contribution in [3.8, 4) is 5.75 Å². The van der Waals surface area contributed by atoms with Gasteiger partial charge in [0.25, 0.3) is 0 Å². The van der Waals surface area contributed by atoms with Gasteiger partial charge in [-0.05, 0) is 19.1 Å². The Balaban J connectivity index is 2.14. The normalized spacial score (nSPS) is 12.1. The minimum atomic E-state index is -1.07. The quantitative estimate of drug-likeness (QED) is 0.866. The molecule has 0 aliphatic rings. The number of aliphatic carboxylic acids is 1. The number of carbonyl (C=O) groups is 2. The summed E-state index contributed by atoms with van der Waals surface area (Å²) in [6.07, 6.45) is 1.56. The van der Waals surface area contributed by atoms with Crippen LogP contribution in [0.15, 0.2) is 28.9 Å². The first kappa shape index (κ1) is 13.9. The number of furan rings is 1. The number of hydrogen-bond donors (Lipinski definition) is 2. The van der Waals surface area contributed by atoms with E-state index in [0.717, 1.165) is 5.39 Å². The molecule has 0 bridgehead atoms. The summed E-state index contributed by atoms with van der Waals surface area (Å²) in [5, 5.41) is 11.9. The van der Waals surface area contributed by atoms with Crippen molar-refractivity contribution in [1.82, 2.24) is 5.32 Å². The maximum absolute atomic E-state index is 11.8. The molecule has 1 aromatic heterocycles. The fourth-order valence-corrected chi connectivity index (χ4v) is 1.85. The molecule has 1 aromatic carbocycles. The number of rotatable bonds is 5. The maximum atomic E-state index is 11.8. The van der Waals surface area contributed by atoms with Crippen LogP contribution >= 0.6 is 0 Å². The van der Waals surface area contributed by atoms with Crippen LogP contribution in [0.2, 0.25) is 0 Å². The van der Waals surface area contributed by atoms with E-state index in [-0.39, 0.29) is 12.3 Å². The number of ether oxygens (including phenoxy) is 1. The predicted octanol–water partition coefficient (Wildman–Crippen LogP) is 1.57. The van der Waals surface area contributed by atoms with E-state index in [1.165, 1.54) is 13.2 Å². The van der Waals surface area contributed by atoms with E-state index >= 15 is 0 Å². The fourth-order valence-electron chi connectivity index (χ4n) is 1.85. The third kappa shape index (κ3) is 2.90. The number of carbonyl (C=O) groups excluding carboxylic acids is 1. The molecule has 0 saturated carbocycles. The smallest absolute Gasteiger partial charge is 0.325 e. The Labute approximate surface area is 115 Å².